The molecule has 18 heavy (non-hydrogen) atoms. The van der Waals surface area contributed by atoms with Gasteiger partial charge in [-0.05, 0) is 31.4 Å². The van der Waals surface area contributed by atoms with E-state index in [0.29, 0.717) is 12.2 Å². The van der Waals surface area contributed by atoms with Crippen molar-refractivity contribution in [3.63, 3.8) is 0 Å². The molecule has 4 heteroatoms. The van der Waals surface area contributed by atoms with E-state index in [2.05, 4.69) is 21.8 Å². The summed E-state index contributed by atoms with van der Waals surface area (Å²) in [4.78, 5) is 18.2. The molecule has 1 N–H and O–H groups in total. The van der Waals surface area contributed by atoms with E-state index >= 15 is 0 Å². The molecule has 0 bridgehead atoms. The van der Waals surface area contributed by atoms with Gasteiger partial charge in [0.1, 0.15) is 5.69 Å². The Bertz CT molecular complexity index is 408. The quantitative estimate of drug-likeness (QED) is 0.825. The Kier molecular flexibility index (Phi) is 4.34. The van der Waals surface area contributed by atoms with Crippen LogP contribution in [-0.2, 0) is 0 Å². The van der Waals surface area contributed by atoms with E-state index in [4.69, 9.17) is 0 Å². The highest BCUT2D eigenvalue weighted by atomic mass is 16.1. The molecule has 0 spiro atoms. The maximum absolute atomic E-state index is 11.7. The second-order valence-corrected chi connectivity index (χ2v) is 4.45. The predicted octanol–water partition coefficient (Wildman–Crippen LogP) is 1.99. The van der Waals surface area contributed by atoms with Crippen LogP contribution >= 0.6 is 0 Å². The highest BCUT2D eigenvalue weighted by Crippen LogP contribution is 2.18. The molecule has 1 fully saturated rings. The molecule has 1 saturated heterocycles. The molecule has 0 aliphatic carbocycles. The molecule has 0 unspecified atom stereocenters. The van der Waals surface area contributed by atoms with Gasteiger partial charge in [0, 0.05) is 19.6 Å². The number of nitrogens with zero attached hydrogens (tertiary/aromatic N) is 2. The van der Waals surface area contributed by atoms with Gasteiger partial charge < -0.3 is 10.2 Å². The molecule has 0 saturated carbocycles. The van der Waals surface area contributed by atoms with Crippen molar-refractivity contribution in [1.29, 1.82) is 0 Å². The molecule has 1 aliphatic heterocycles. The van der Waals surface area contributed by atoms with Crippen molar-refractivity contribution in [2.45, 2.75) is 19.3 Å². The van der Waals surface area contributed by atoms with Crippen molar-refractivity contribution in [2.75, 3.05) is 24.5 Å². The van der Waals surface area contributed by atoms with Crippen LogP contribution < -0.4 is 10.2 Å². The fourth-order valence-electron chi connectivity index (χ4n) is 2.11. The van der Waals surface area contributed by atoms with E-state index in [-0.39, 0.29) is 5.91 Å². The van der Waals surface area contributed by atoms with Crippen LogP contribution in [0.4, 0.5) is 5.69 Å². The van der Waals surface area contributed by atoms with E-state index in [1.54, 1.807) is 18.3 Å². The number of carbonyl (C=O) groups is 1. The molecule has 96 valence electrons. The summed E-state index contributed by atoms with van der Waals surface area (Å²) in [7, 11) is 0. The molecule has 0 radical (unpaired) electrons. The standard InChI is InChI=1S/C14H19N3O/c1-2-8-15-14(18)13-7-6-12(11-16-13)17-9-4-3-5-10-17/h2,6-7,11H,1,3-5,8-10H2,(H,15,18). The van der Waals surface area contributed by atoms with Gasteiger partial charge in [-0.2, -0.15) is 0 Å². The van der Waals surface area contributed by atoms with E-state index in [9.17, 15) is 4.79 Å². The summed E-state index contributed by atoms with van der Waals surface area (Å²) < 4.78 is 0. The van der Waals surface area contributed by atoms with Gasteiger partial charge in [0.25, 0.3) is 5.91 Å². The summed E-state index contributed by atoms with van der Waals surface area (Å²) in [6, 6.07) is 3.75. The number of hydrogen-bond donors (Lipinski definition) is 1. The molecule has 1 aromatic heterocycles. The summed E-state index contributed by atoms with van der Waals surface area (Å²) in [6.45, 7) is 6.20. The molecule has 1 aromatic rings. The lowest BCUT2D eigenvalue weighted by Gasteiger charge is -2.28. The Morgan fingerprint density at radius 1 is 1.39 bits per heavy atom. The first kappa shape index (κ1) is 12.6. The minimum absolute atomic E-state index is 0.153. The number of piperidine rings is 1. The fraction of sp³-hybridized carbons (Fsp3) is 0.429. The first-order valence-electron chi connectivity index (χ1n) is 6.41. The maximum atomic E-state index is 11.7. The van der Waals surface area contributed by atoms with Gasteiger partial charge in [0.15, 0.2) is 0 Å². The van der Waals surface area contributed by atoms with Crippen LogP contribution in [-0.4, -0.2) is 30.5 Å². The summed E-state index contributed by atoms with van der Waals surface area (Å²) in [6.07, 6.45) is 7.23. The number of nitrogens with one attached hydrogen (secondary N) is 1. The summed E-state index contributed by atoms with van der Waals surface area (Å²) in [5, 5.41) is 2.71. The minimum atomic E-state index is -0.153. The monoisotopic (exact) mass is 245 g/mol. The molecule has 1 aliphatic rings. The van der Waals surface area contributed by atoms with Crippen LogP contribution in [0.1, 0.15) is 29.8 Å². The summed E-state index contributed by atoms with van der Waals surface area (Å²) in [5.41, 5.74) is 1.56. The zero-order valence-electron chi connectivity index (χ0n) is 10.6. The van der Waals surface area contributed by atoms with E-state index in [1.165, 1.54) is 19.3 Å². The Morgan fingerprint density at radius 3 is 2.78 bits per heavy atom. The molecule has 2 rings (SSSR count). The molecular formula is C14H19N3O. The van der Waals surface area contributed by atoms with Crippen molar-refractivity contribution in [1.82, 2.24) is 10.3 Å². The predicted molar refractivity (Wildman–Crippen MR) is 72.8 cm³/mol. The normalized spacial score (nSPS) is 15.2. The Balaban J connectivity index is 2.00. The molecule has 0 aromatic carbocycles. The zero-order valence-corrected chi connectivity index (χ0v) is 10.6. The van der Waals surface area contributed by atoms with Gasteiger partial charge in [-0.25, -0.2) is 4.98 Å². The van der Waals surface area contributed by atoms with Crippen LogP contribution in [0.15, 0.2) is 31.0 Å². The van der Waals surface area contributed by atoms with Gasteiger partial charge in [-0.15, -0.1) is 6.58 Å². The third-order valence-corrected chi connectivity index (χ3v) is 3.11. The van der Waals surface area contributed by atoms with Crippen molar-refractivity contribution < 1.29 is 4.79 Å². The second kappa shape index (κ2) is 6.19. The fourth-order valence-corrected chi connectivity index (χ4v) is 2.11. The van der Waals surface area contributed by atoms with Gasteiger partial charge >= 0.3 is 0 Å². The second-order valence-electron chi connectivity index (χ2n) is 4.45. The lowest BCUT2D eigenvalue weighted by molar-refractivity contribution is 0.0953. The number of anilines is 1. The van der Waals surface area contributed by atoms with Crippen molar-refractivity contribution in [3.05, 3.63) is 36.7 Å². The number of carbonyl (C=O) groups excluding carboxylic acids is 1. The van der Waals surface area contributed by atoms with Crippen LogP contribution in [0, 0.1) is 0 Å². The minimum Gasteiger partial charge on any atom is -0.370 e. The maximum Gasteiger partial charge on any atom is 0.270 e. The number of amides is 1. The number of rotatable bonds is 4. The Morgan fingerprint density at radius 2 is 2.17 bits per heavy atom. The smallest absolute Gasteiger partial charge is 0.270 e. The topological polar surface area (TPSA) is 45.2 Å². The number of pyridine rings is 1. The molecular weight excluding hydrogens is 226 g/mol. The van der Waals surface area contributed by atoms with Crippen LogP contribution in [0.25, 0.3) is 0 Å². The van der Waals surface area contributed by atoms with Crippen LogP contribution in [0.2, 0.25) is 0 Å². The lowest BCUT2D eigenvalue weighted by atomic mass is 10.1. The average Bonchev–Trinajstić information content (AvgIpc) is 2.46. The highest BCUT2D eigenvalue weighted by molar-refractivity contribution is 5.92. The molecule has 0 atom stereocenters. The Labute approximate surface area is 108 Å². The number of aromatic nitrogens is 1. The van der Waals surface area contributed by atoms with Gasteiger partial charge in [0.2, 0.25) is 0 Å². The van der Waals surface area contributed by atoms with Gasteiger partial charge in [-0.1, -0.05) is 6.08 Å². The first-order chi connectivity index (χ1) is 8.81. The summed E-state index contributed by atoms with van der Waals surface area (Å²) in [5.74, 6) is -0.153. The SMILES string of the molecule is C=CCNC(=O)c1ccc(N2CCCCC2)cn1. The van der Waals surface area contributed by atoms with Crippen molar-refractivity contribution >= 4 is 11.6 Å². The third kappa shape index (κ3) is 3.09. The van der Waals surface area contributed by atoms with Crippen molar-refractivity contribution in [2.24, 2.45) is 0 Å². The van der Waals surface area contributed by atoms with E-state index in [0.717, 1.165) is 18.8 Å². The lowest BCUT2D eigenvalue weighted by Crippen LogP contribution is -2.29. The van der Waals surface area contributed by atoms with Gasteiger partial charge in [-0.3, -0.25) is 4.79 Å². The van der Waals surface area contributed by atoms with Gasteiger partial charge in [0.05, 0.1) is 11.9 Å². The third-order valence-electron chi connectivity index (χ3n) is 3.11. The largest absolute Gasteiger partial charge is 0.370 e. The van der Waals surface area contributed by atoms with E-state index < -0.39 is 0 Å². The molecule has 1 amide bonds. The van der Waals surface area contributed by atoms with Crippen LogP contribution in [0.3, 0.4) is 0 Å². The highest BCUT2D eigenvalue weighted by Gasteiger charge is 2.12. The summed E-state index contributed by atoms with van der Waals surface area (Å²) >= 11 is 0. The van der Waals surface area contributed by atoms with E-state index in [1.807, 2.05) is 6.07 Å². The average molecular weight is 245 g/mol. The van der Waals surface area contributed by atoms with Crippen molar-refractivity contribution in [3.8, 4) is 0 Å². The Hall–Kier alpha value is -1.84. The molecule has 4 nitrogen and oxygen atoms in total. The molecule has 2 heterocycles. The van der Waals surface area contributed by atoms with Crippen LogP contribution in [0.5, 0.6) is 0 Å². The zero-order chi connectivity index (χ0) is 12.8. The number of hydrogen-bond acceptors (Lipinski definition) is 3. The first-order valence-corrected chi connectivity index (χ1v) is 6.41.